The molecule has 2 nitrogen and oxygen atoms in total. The topological polar surface area (TPSA) is 37.3 Å². The van der Waals surface area contributed by atoms with Gasteiger partial charge in [-0.25, -0.2) is 0 Å². The zero-order valence-corrected chi connectivity index (χ0v) is 12.5. The van der Waals surface area contributed by atoms with Crippen molar-refractivity contribution in [2.45, 2.75) is 69.8 Å². The number of unbranched alkanes of at least 4 members (excludes halogenated alkanes) is 3. The van der Waals surface area contributed by atoms with E-state index in [1.54, 1.807) is 0 Å². The van der Waals surface area contributed by atoms with Crippen LogP contribution in [0.5, 0.6) is 0 Å². The summed E-state index contributed by atoms with van der Waals surface area (Å²) in [7, 11) is 0. The highest BCUT2D eigenvalue weighted by atomic mass is 16.3. The standard InChI is InChI=1S/C18H26O2/c1-2-3-4-8-12-16(19)18(14-9-13-17(18)20)15-10-6-5-7-11-15/h5-7,10-11,17,20H,2-4,8-9,12-14H2,1H3/t17-,18+/m0/s1. The van der Waals surface area contributed by atoms with Crippen molar-refractivity contribution >= 4 is 5.78 Å². The second-order valence-electron chi connectivity index (χ2n) is 5.98. The third-order valence-corrected chi connectivity index (χ3v) is 4.66. The summed E-state index contributed by atoms with van der Waals surface area (Å²) < 4.78 is 0. The molecular weight excluding hydrogens is 248 g/mol. The van der Waals surface area contributed by atoms with Crippen molar-refractivity contribution in [3.05, 3.63) is 35.9 Å². The van der Waals surface area contributed by atoms with Crippen molar-refractivity contribution in [3.63, 3.8) is 0 Å². The fourth-order valence-electron chi connectivity index (χ4n) is 3.48. The van der Waals surface area contributed by atoms with Gasteiger partial charge in [0.25, 0.3) is 0 Å². The van der Waals surface area contributed by atoms with E-state index in [4.69, 9.17) is 0 Å². The summed E-state index contributed by atoms with van der Waals surface area (Å²) in [5, 5.41) is 10.4. The highest BCUT2D eigenvalue weighted by Crippen LogP contribution is 2.43. The first-order valence-corrected chi connectivity index (χ1v) is 7.98. The molecule has 1 aromatic rings. The summed E-state index contributed by atoms with van der Waals surface area (Å²) in [6.07, 6.45) is 7.01. The second kappa shape index (κ2) is 7.03. The van der Waals surface area contributed by atoms with E-state index in [9.17, 15) is 9.90 Å². The van der Waals surface area contributed by atoms with E-state index >= 15 is 0 Å². The Morgan fingerprint density at radius 1 is 1.25 bits per heavy atom. The van der Waals surface area contributed by atoms with Crippen LogP contribution < -0.4 is 0 Å². The van der Waals surface area contributed by atoms with Crippen LogP contribution in [0.4, 0.5) is 0 Å². The Balaban J connectivity index is 2.14. The average Bonchev–Trinajstić information content (AvgIpc) is 2.87. The summed E-state index contributed by atoms with van der Waals surface area (Å²) in [5.74, 6) is 0.241. The number of carbonyl (C=O) groups is 1. The maximum absolute atomic E-state index is 12.8. The largest absolute Gasteiger partial charge is 0.392 e. The lowest BCUT2D eigenvalue weighted by atomic mass is 9.72. The van der Waals surface area contributed by atoms with Gasteiger partial charge in [0, 0.05) is 6.42 Å². The molecule has 0 radical (unpaired) electrons. The van der Waals surface area contributed by atoms with Gasteiger partial charge in [-0.1, -0.05) is 56.5 Å². The molecule has 2 rings (SSSR count). The molecule has 1 aliphatic carbocycles. The molecule has 0 aliphatic heterocycles. The van der Waals surface area contributed by atoms with Gasteiger partial charge in [-0.05, 0) is 31.2 Å². The molecule has 1 aliphatic rings. The number of aliphatic hydroxyl groups excluding tert-OH is 1. The van der Waals surface area contributed by atoms with Crippen LogP contribution >= 0.6 is 0 Å². The van der Waals surface area contributed by atoms with Crippen LogP contribution in [-0.4, -0.2) is 17.0 Å². The molecule has 1 fully saturated rings. The fraction of sp³-hybridized carbons (Fsp3) is 0.611. The maximum Gasteiger partial charge on any atom is 0.146 e. The number of Topliss-reactive ketones (excluding diaryl/α,β-unsaturated/α-hetero) is 1. The predicted molar refractivity (Wildman–Crippen MR) is 81.7 cm³/mol. The summed E-state index contributed by atoms with van der Waals surface area (Å²) >= 11 is 0. The van der Waals surface area contributed by atoms with E-state index < -0.39 is 11.5 Å². The van der Waals surface area contributed by atoms with Gasteiger partial charge in [-0.2, -0.15) is 0 Å². The molecule has 110 valence electrons. The number of hydrogen-bond donors (Lipinski definition) is 1. The highest BCUT2D eigenvalue weighted by molar-refractivity contribution is 5.91. The SMILES string of the molecule is CCCCCCC(=O)[C@]1(c2ccccc2)CCC[C@@H]1O. The lowest BCUT2D eigenvalue weighted by molar-refractivity contribution is -0.128. The summed E-state index contributed by atoms with van der Waals surface area (Å²) in [5.41, 5.74) is 0.374. The van der Waals surface area contributed by atoms with Crippen molar-refractivity contribution in [1.82, 2.24) is 0 Å². The van der Waals surface area contributed by atoms with Crippen molar-refractivity contribution < 1.29 is 9.90 Å². The minimum atomic E-state index is -0.631. The quantitative estimate of drug-likeness (QED) is 0.763. The molecule has 0 unspecified atom stereocenters. The minimum Gasteiger partial charge on any atom is -0.392 e. The molecule has 0 spiro atoms. The Bertz CT molecular complexity index is 426. The lowest BCUT2D eigenvalue weighted by Gasteiger charge is -2.32. The van der Waals surface area contributed by atoms with Crippen LogP contribution in [0.2, 0.25) is 0 Å². The first-order valence-electron chi connectivity index (χ1n) is 7.98. The Kier molecular flexibility index (Phi) is 5.36. The van der Waals surface area contributed by atoms with Crippen LogP contribution in [-0.2, 0) is 10.2 Å². The molecule has 1 aromatic carbocycles. The number of benzene rings is 1. The summed E-state index contributed by atoms with van der Waals surface area (Å²) in [6.45, 7) is 2.17. The molecule has 0 saturated heterocycles. The Hall–Kier alpha value is -1.15. The van der Waals surface area contributed by atoms with Crippen molar-refractivity contribution in [2.75, 3.05) is 0 Å². The van der Waals surface area contributed by atoms with E-state index in [0.29, 0.717) is 6.42 Å². The highest BCUT2D eigenvalue weighted by Gasteiger charge is 2.48. The fourth-order valence-corrected chi connectivity index (χ4v) is 3.48. The molecule has 20 heavy (non-hydrogen) atoms. The van der Waals surface area contributed by atoms with Crippen molar-refractivity contribution in [3.8, 4) is 0 Å². The number of carbonyl (C=O) groups excluding carboxylic acids is 1. The number of aliphatic hydroxyl groups is 1. The molecular formula is C18H26O2. The summed E-state index contributed by atoms with van der Waals surface area (Å²) in [4.78, 5) is 12.8. The van der Waals surface area contributed by atoms with Crippen LogP contribution in [0.25, 0.3) is 0 Å². The molecule has 2 heteroatoms. The van der Waals surface area contributed by atoms with Crippen LogP contribution in [0, 0.1) is 0 Å². The molecule has 1 saturated carbocycles. The zero-order valence-electron chi connectivity index (χ0n) is 12.5. The van der Waals surface area contributed by atoms with Gasteiger partial charge >= 0.3 is 0 Å². The van der Waals surface area contributed by atoms with Gasteiger partial charge in [0.1, 0.15) is 5.78 Å². The Morgan fingerprint density at radius 3 is 2.60 bits per heavy atom. The van der Waals surface area contributed by atoms with Crippen LogP contribution in [0.15, 0.2) is 30.3 Å². The van der Waals surface area contributed by atoms with E-state index in [1.807, 2.05) is 30.3 Å². The average molecular weight is 274 g/mol. The van der Waals surface area contributed by atoms with Gasteiger partial charge < -0.3 is 5.11 Å². The molecule has 0 aromatic heterocycles. The monoisotopic (exact) mass is 274 g/mol. The Morgan fingerprint density at radius 2 is 2.00 bits per heavy atom. The second-order valence-corrected chi connectivity index (χ2v) is 5.98. The van der Waals surface area contributed by atoms with E-state index in [-0.39, 0.29) is 5.78 Å². The molecule has 2 atom stereocenters. The predicted octanol–water partition coefficient (Wildman–Crippen LogP) is 4.01. The van der Waals surface area contributed by atoms with E-state index in [0.717, 1.165) is 37.7 Å². The molecule has 0 heterocycles. The maximum atomic E-state index is 12.8. The van der Waals surface area contributed by atoms with Crippen molar-refractivity contribution in [2.24, 2.45) is 0 Å². The number of hydrogen-bond acceptors (Lipinski definition) is 2. The normalized spacial score (nSPS) is 25.8. The van der Waals surface area contributed by atoms with Gasteiger partial charge in [-0.15, -0.1) is 0 Å². The lowest BCUT2D eigenvalue weighted by Crippen LogP contribution is -2.42. The van der Waals surface area contributed by atoms with E-state index in [2.05, 4.69) is 6.92 Å². The van der Waals surface area contributed by atoms with Crippen LogP contribution in [0.1, 0.15) is 63.9 Å². The third-order valence-electron chi connectivity index (χ3n) is 4.66. The van der Waals surface area contributed by atoms with Crippen molar-refractivity contribution in [1.29, 1.82) is 0 Å². The molecule has 0 bridgehead atoms. The van der Waals surface area contributed by atoms with Crippen LogP contribution in [0.3, 0.4) is 0 Å². The number of ketones is 1. The first kappa shape index (κ1) is 15.2. The van der Waals surface area contributed by atoms with Gasteiger partial charge in [-0.3, -0.25) is 4.79 Å². The Labute approximate surface area is 122 Å². The number of rotatable bonds is 7. The minimum absolute atomic E-state index is 0.241. The van der Waals surface area contributed by atoms with Gasteiger partial charge in [0.05, 0.1) is 11.5 Å². The zero-order chi connectivity index (χ0) is 14.4. The van der Waals surface area contributed by atoms with Gasteiger partial charge in [0.15, 0.2) is 0 Å². The molecule has 1 N–H and O–H groups in total. The smallest absolute Gasteiger partial charge is 0.146 e. The first-order chi connectivity index (χ1) is 9.71. The third kappa shape index (κ3) is 2.95. The summed E-state index contributed by atoms with van der Waals surface area (Å²) in [6, 6.07) is 9.89. The van der Waals surface area contributed by atoms with E-state index in [1.165, 1.54) is 12.8 Å². The van der Waals surface area contributed by atoms with Gasteiger partial charge in [0.2, 0.25) is 0 Å². The molecule has 0 amide bonds.